The summed E-state index contributed by atoms with van der Waals surface area (Å²) < 4.78 is 10.1. The molecule has 1 saturated heterocycles. The van der Waals surface area contributed by atoms with Gasteiger partial charge in [0.25, 0.3) is 0 Å². The van der Waals surface area contributed by atoms with Crippen molar-refractivity contribution in [2.24, 2.45) is 0 Å². The van der Waals surface area contributed by atoms with Crippen LogP contribution in [0.3, 0.4) is 0 Å². The maximum atomic E-state index is 10.9. The van der Waals surface area contributed by atoms with Gasteiger partial charge in [0.15, 0.2) is 0 Å². The molecule has 3 nitrogen and oxygen atoms in total. The van der Waals surface area contributed by atoms with E-state index >= 15 is 0 Å². The number of hydrogen-bond acceptors (Lipinski definition) is 3. The molecule has 1 heterocycles. The highest BCUT2D eigenvalue weighted by molar-refractivity contribution is 5.86. The Kier molecular flexibility index (Phi) is 3.48. The number of hydrogen-bond donors (Lipinski definition) is 0. The van der Waals surface area contributed by atoms with Gasteiger partial charge in [-0.3, -0.25) is 0 Å². The molecule has 0 radical (unpaired) electrons. The summed E-state index contributed by atoms with van der Waals surface area (Å²) in [6, 6.07) is 0. The zero-order valence-corrected chi connectivity index (χ0v) is 8.21. The predicted octanol–water partition coefficient (Wildman–Crippen LogP) is 1.67. The van der Waals surface area contributed by atoms with Gasteiger partial charge in [-0.1, -0.05) is 6.58 Å². The van der Waals surface area contributed by atoms with Gasteiger partial charge < -0.3 is 9.47 Å². The first-order valence-corrected chi connectivity index (χ1v) is 4.59. The van der Waals surface area contributed by atoms with Crippen molar-refractivity contribution in [1.29, 1.82) is 0 Å². The molecule has 0 amide bonds. The van der Waals surface area contributed by atoms with Crippen LogP contribution in [0.5, 0.6) is 0 Å². The Balaban J connectivity index is 1.95. The molecule has 0 aliphatic carbocycles. The number of carbonyl (C=O) groups is 1. The van der Waals surface area contributed by atoms with E-state index in [1.54, 1.807) is 6.92 Å². The number of ether oxygens (including phenoxy) is 2. The molecule has 0 bridgehead atoms. The lowest BCUT2D eigenvalue weighted by Gasteiger charge is -2.02. The Labute approximate surface area is 78.7 Å². The minimum atomic E-state index is -0.301. The fourth-order valence-corrected chi connectivity index (χ4v) is 1.11. The second-order valence-electron chi connectivity index (χ2n) is 3.44. The molecule has 0 aromatic carbocycles. The van der Waals surface area contributed by atoms with Gasteiger partial charge in [-0.25, -0.2) is 4.79 Å². The first kappa shape index (κ1) is 10.3. The quantitative estimate of drug-likeness (QED) is 0.282. The highest BCUT2D eigenvalue weighted by atomic mass is 16.6. The zero-order chi connectivity index (χ0) is 9.84. The van der Waals surface area contributed by atoms with E-state index < -0.39 is 0 Å². The number of esters is 1. The summed E-state index contributed by atoms with van der Waals surface area (Å²) in [6.07, 6.45) is 2.64. The van der Waals surface area contributed by atoms with E-state index in [0.29, 0.717) is 24.4 Å². The van der Waals surface area contributed by atoms with Crippen LogP contribution >= 0.6 is 0 Å². The van der Waals surface area contributed by atoms with E-state index in [-0.39, 0.29) is 5.97 Å². The van der Waals surface area contributed by atoms with Gasteiger partial charge >= 0.3 is 5.97 Å². The average molecular weight is 184 g/mol. The standard InChI is InChI=1S/C10H16O3/c1-7(2)10(11)12-6-4-5-9-8(3)13-9/h8-9H,1,4-6H2,2-3H3. The molecule has 0 spiro atoms. The molecule has 1 aliphatic rings. The van der Waals surface area contributed by atoms with Crippen LogP contribution < -0.4 is 0 Å². The van der Waals surface area contributed by atoms with E-state index in [0.717, 1.165) is 12.8 Å². The summed E-state index contributed by atoms with van der Waals surface area (Å²) >= 11 is 0. The molecular weight excluding hydrogens is 168 g/mol. The van der Waals surface area contributed by atoms with Gasteiger partial charge in [0.2, 0.25) is 0 Å². The van der Waals surface area contributed by atoms with E-state index in [1.807, 2.05) is 6.92 Å². The monoisotopic (exact) mass is 184 g/mol. The number of carbonyl (C=O) groups excluding carboxylic acids is 1. The molecule has 0 N–H and O–H groups in total. The van der Waals surface area contributed by atoms with Crippen molar-refractivity contribution in [3.05, 3.63) is 12.2 Å². The van der Waals surface area contributed by atoms with Crippen molar-refractivity contribution in [1.82, 2.24) is 0 Å². The summed E-state index contributed by atoms with van der Waals surface area (Å²) in [5.74, 6) is -0.301. The van der Waals surface area contributed by atoms with Gasteiger partial charge in [-0.05, 0) is 26.7 Å². The Hall–Kier alpha value is -0.830. The molecule has 1 fully saturated rings. The largest absolute Gasteiger partial charge is 0.462 e. The predicted molar refractivity (Wildman–Crippen MR) is 49.3 cm³/mol. The fourth-order valence-electron chi connectivity index (χ4n) is 1.11. The Bertz CT molecular complexity index is 210. The SMILES string of the molecule is C=C(C)C(=O)OCCCC1OC1C. The second-order valence-corrected chi connectivity index (χ2v) is 3.44. The van der Waals surface area contributed by atoms with Crippen molar-refractivity contribution >= 4 is 5.97 Å². The van der Waals surface area contributed by atoms with Crippen molar-refractivity contribution in [2.45, 2.75) is 38.9 Å². The maximum Gasteiger partial charge on any atom is 0.333 e. The molecular formula is C10H16O3. The zero-order valence-electron chi connectivity index (χ0n) is 8.21. The van der Waals surface area contributed by atoms with Crippen LogP contribution in [-0.2, 0) is 14.3 Å². The van der Waals surface area contributed by atoms with E-state index in [4.69, 9.17) is 9.47 Å². The Morgan fingerprint density at radius 1 is 1.62 bits per heavy atom. The van der Waals surface area contributed by atoms with Crippen LogP contribution in [0.1, 0.15) is 26.7 Å². The summed E-state index contributed by atoms with van der Waals surface area (Å²) in [5.41, 5.74) is 0.455. The third kappa shape index (κ3) is 3.59. The average Bonchev–Trinajstić information content (AvgIpc) is 2.75. The van der Waals surface area contributed by atoms with E-state index in [1.165, 1.54) is 0 Å². The molecule has 74 valence electrons. The minimum Gasteiger partial charge on any atom is -0.462 e. The molecule has 3 heteroatoms. The summed E-state index contributed by atoms with van der Waals surface area (Å²) in [5, 5.41) is 0. The van der Waals surface area contributed by atoms with Gasteiger partial charge in [0.05, 0.1) is 18.8 Å². The van der Waals surface area contributed by atoms with Gasteiger partial charge in [-0.15, -0.1) is 0 Å². The van der Waals surface area contributed by atoms with Crippen LogP contribution in [0.25, 0.3) is 0 Å². The Morgan fingerprint density at radius 3 is 2.69 bits per heavy atom. The topological polar surface area (TPSA) is 38.8 Å². The first-order valence-electron chi connectivity index (χ1n) is 4.59. The normalized spacial score (nSPS) is 25.4. The fraction of sp³-hybridized carbons (Fsp3) is 0.700. The van der Waals surface area contributed by atoms with Crippen molar-refractivity contribution in [2.75, 3.05) is 6.61 Å². The number of rotatable bonds is 5. The van der Waals surface area contributed by atoms with Gasteiger partial charge in [0.1, 0.15) is 0 Å². The van der Waals surface area contributed by atoms with E-state index in [9.17, 15) is 4.79 Å². The van der Waals surface area contributed by atoms with Gasteiger partial charge in [0, 0.05) is 5.57 Å². The molecule has 0 aromatic rings. The van der Waals surface area contributed by atoms with E-state index in [2.05, 4.69) is 6.58 Å². The van der Waals surface area contributed by atoms with Crippen LogP contribution in [0, 0.1) is 0 Å². The molecule has 0 aromatic heterocycles. The highest BCUT2D eigenvalue weighted by Gasteiger charge is 2.32. The van der Waals surface area contributed by atoms with Crippen LogP contribution in [0.15, 0.2) is 12.2 Å². The van der Waals surface area contributed by atoms with Gasteiger partial charge in [-0.2, -0.15) is 0 Å². The highest BCUT2D eigenvalue weighted by Crippen LogP contribution is 2.25. The summed E-state index contributed by atoms with van der Waals surface area (Å²) in [7, 11) is 0. The summed E-state index contributed by atoms with van der Waals surface area (Å²) in [4.78, 5) is 10.9. The lowest BCUT2D eigenvalue weighted by atomic mass is 10.2. The van der Waals surface area contributed by atoms with Crippen molar-refractivity contribution < 1.29 is 14.3 Å². The maximum absolute atomic E-state index is 10.9. The third-order valence-electron chi connectivity index (χ3n) is 2.05. The molecule has 0 saturated carbocycles. The Morgan fingerprint density at radius 2 is 2.23 bits per heavy atom. The smallest absolute Gasteiger partial charge is 0.333 e. The molecule has 1 rings (SSSR count). The molecule has 2 atom stereocenters. The third-order valence-corrected chi connectivity index (χ3v) is 2.05. The molecule has 1 aliphatic heterocycles. The lowest BCUT2D eigenvalue weighted by molar-refractivity contribution is -0.139. The first-order chi connectivity index (χ1) is 6.11. The number of epoxide rings is 1. The van der Waals surface area contributed by atoms with Crippen LogP contribution in [-0.4, -0.2) is 24.8 Å². The van der Waals surface area contributed by atoms with Crippen molar-refractivity contribution in [3.8, 4) is 0 Å². The van der Waals surface area contributed by atoms with Crippen molar-refractivity contribution in [3.63, 3.8) is 0 Å². The summed E-state index contributed by atoms with van der Waals surface area (Å²) in [6.45, 7) is 7.66. The van der Waals surface area contributed by atoms with Crippen LogP contribution in [0.2, 0.25) is 0 Å². The lowest BCUT2D eigenvalue weighted by Crippen LogP contribution is -2.06. The minimum absolute atomic E-state index is 0.301. The molecule has 13 heavy (non-hydrogen) atoms. The molecule has 2 unspecified atom stereocenters. The van der Waals surface area contributed by atoms with Crippen LogP contribution in [0.4, 0.5) is 0 Å². The second kappa shape index (κ2) is 4.42.